The SMILES string of the molecule is CC(C)(C)OC(=O)NC1CCN(c2ccc3nc(-c4ccc(C(F)(F)F)c(NC(=O)C(C)(C)C)c4)cn3n2)C1. The van der Waals surface area contributed by atoms with E-state index in [1.807, 2.05) is 11.0 Å². The number of carbonyl (C=O) groups excluding carboxylic acids is 2. The summed E-state index contributed by atoms with van der Waals surface area (Å²) in [6, 6.07) is 7.04. The van der Waals surface area contributed by atoms with E-state index in [1.54, 1.807) is 58.3 Å². The summed E-state index contributed by atoms with van der Waals surface area (Å²) in [4.78, 5) is 31.1. The highest BCUT2D eigenvalue weighted by atomic mass is 19.4. The molecule has 1 aliphatic rings. The average molecular weight is 547 g/mol. The summed E-state index contributed by atoms with van der Waals surface area (Å²) >= 11 is 0. The summed E-state index contributed by atoms with van der Waals surface area (Å²) in [5, 5.41) is 9.93. The first-order chi connectivity index (χ1) is 18.0. The minimum absolute atomic E-state index is 0.0930. The number of nitrogens with zero attached hydrogens (tertiary/aromatic N) is 4. The third-order valence-electron chi connectivity index (χ3n) is 6.09. The average Bonchev–Trinajstić information content (AvgIpc) is 3.42. The monoisotopic (exact) mass is 546 g/mol. The van der Waals surface area contributed by atoms with Gasteiger partial charge in [-0.2, -0.15) is 13.2 Å². The second kappa shape index (κ2) is 10.0. The molecule has 1 atom stereocenters. The fourth-order valence-electron chi connectivity index (χ4n) is 4.10. The van der Waals surface area contributed by atoms with Crippen molar-refractivity contribution in [2.45, 2.75) is 65.8 Å². The summed E-state index contributed by atoms with van der Waals surface area (Å²) in [6.45, 7) is 11.5. The third kappa shape index (κ3) is 6.79. The molecule has 1 saturated heterocycles. The molecule has 2 amide bonds. The summed E-state index contributed by atoms with van der Waals surface area (Å²) in [7, 11) is 0. The largest absolute Gasteiger partial charge is 0.444 e. The molecular formula is C27H33F3N6O3. The maximum atomic E-state index is 13.6. The number of halogens is 3. The molecule has 0 aliphatic carbocycles. The fraction of sp³-hybridized carbons (Fsp3) is 0.481. The second-order valence-electron chi connectivity index (χ2n) is 11.7. The molecule has 1 aromatic carbocycles. The lowest BCUT2D eigenvalue weighted by Gasteiger charge is -2.22. The Hall–Kier alpha value is -3.83. The highest BCUT2D eigenvalue weighted by molar-refractivity contribution is 5.96. The van der Waals surface area contributed by atoms with Crippen LogP contribution in [0.1, 0.15) is 53.5 Å². The van der Waals surface area contributed by atoms with Crippen LogP contribution in [0.25, 0.3) is 16.9 Å². The van der Waals surface area contributed by atoms with Crippen LogP contribution in [0.5, 0.6) is 0 Å². The summed E-state index contributed by atoms with van der Waals surface area (Å²) in [6.07, 6.45) is -2.75. The van der Waals surface area contributed by atoms with Gasteiger partial charge in [0.05, 0.1) is 29.2 Å². The number of hydrogen-bond acceptors (Lipinski definition) is 6. The molecule has 3 aromatic rings. The number of ether oxygens (including phenoxy) is 1. The van der Waals surface area contributed by atoms with Gasteiger partial charge >= 0.3 is 12.3 Å². The van der Waals surface area contributed by atoms with Gasteiger partial charge in [-0.15, -0.1) is 5.10 Å². The number of rotatable bonds is 4. The van der Waals surface area contributed by atoms with Gasteiger partial charge in [0, 0.05) is 24.1 Å². The van der Waals surface area contributed by atoms with Crippen LogP contribution in [0.3, 0.4) is 0 Å². The van der Waals surface area contributed by atoms with E-state index >= 15 is 0 Å². The molecule has 1 aliphatic heterocycles. The van der Waals surface area contributed by atoms with Crippen LogP contribution in [-0.4, -0.2) is 51.3 Å². The number of imidazole rings is 1. The normalized spacial score (nSPS) is 16.4. The second-order valence-corrected chi connectivity index (χ2v) is 11.7. The number of amides is 2. The molecule has 0 saturated carbocycles. The first-order valence-electron chi connectivity index (χ1n) is 12.6. The maximum Gasteiger partial charge on any atom is 0.418 e. The van der Waals surface area contributed by atoms with Crippen molar-refractivity contribution in [1.29, 1.82) is 0 Å². The van der Waals surface area contributed by atoms with E-state index in [0.717, 1.165) is 12.5 Å². The van der Waals surface area contributed by atoms with Crippen molar-refractivity contribution in [2.24, 2.45) is 5.41 Å². The minimum Gasteiger partial charge on any atom is -0.444 e. The third-order valence-corrected chi connectivity index (χ3v) is 6.09. The molecule has 4 rings (SSSR count). The number of alkyl carbamates (subject to hydrolysis) is 1. The van der Waals surface area contributed by atoms with Crippen molar-refractivity contribution in [3.8, 4) is 11.3 Å². The number of carbonyl (C=O) groups is 2. The van der Waals surface area contributed by atoms with E-state index in [0.29, 0.717) is 35.8 Å². The first-order valence-corrected chi connectivity index (χ1v) is 12.6. The lowest BCUT2D eigenvalue weighted by Crippen LogP contribution is -2.40. The number of fused-ring (bicyclic) bond motifs is 1. The maximum absolute atomic E-state index is 13.6. The number of anilines is 2. The number of aromatic nitrogens is 3. The molecular weight excluding hydrogens is 513 g/mol. The zero-order valence-electron chi connectivity index (χ0n) is 22.8. The van der Waals surface area contributed by atoms with E-state index in [9.17, 15) is 22.8 Å². The molecule has 0 bridgehead atoms. The molecule has 0 spiro atoms. The van der Waals surface area contributed by atoms with Crippen molar-refractivity contribution < 1.29 is 27.5 Å². The number of hydrogen-bond donors (Lipinski definition) is 2. The van der Waals surface area contributed by atoms with E-state index in [4.69, 9.17) is 4.74 Å². The molecule has 3 heterocycles. The lowest BCUT2D eigenvalue weighted by molar-refractivity contribution is -0.137. The zero-order valence-corrected chi connectivity index (χ0v) is 22.8. The molecule has 39 heavy (non-hydrogen) atoms. The van der Waals surface area contributed by atoms with Crippen LogP contribution in [0.2, 0.25) is 0 Å². The molecule has 0 radical (unpaired) electrons. The van der Waals surface area contributed by atoms with Gasteiger partial charge in [-0.25, -0.2) is 14.3 Å². The van der Waals surface area contributed by atoms with Gasteiger partial charge < -0.3 is 20.3 Å². The van der Waals surface area contributed by atoms with Gasteiger partial charge in [0.25, 0.3) is 0 Å². The van der Waals surface area contributed by atoms with E-state index in [1.165, 1.54) is 12.1 Å². The Kier molecular flexibility index (Phi) is 7.26. The number of nitrogens with one attached hydrogen (secondary N) is 2. The van der Waals surface area contributed by atoms with Crippen molar-refractivity contribution in [3.63, 3.8) is 0 Å². The highest BCUT2D eigenvalue weighted by Crippen LogP contribution is 2.38. The fourth-order valence-corrected chi connectivity index (χ4v) is 4.10. The Balaban J connectivity index is 1.55. The molecule has 1 unspecified atom stereocenters. The molecule has 2 aromatic heterocycles. The summed E-state index contributed by atoms with van der Waals surface area (Å²) in [5.74, 6) is 0.141. The number of benzene rings is 1. The smallest absolute Gasteiger partial charge is 0.418 e. The highest BCUT2D eigenvalue weighted by Gasteiger charge is 2.35. The van der Waals surface area contributed by atoms with Gasteiger partial charge in [0.2, 0.25) is 5.91 Å². The Labute approximate surface area is 224 Å². The van der Waals surface area contributed by atoms with Gasteiger partial charge in [-0.05, 0) is 51.5 Å². The zero-order chi connectivity index (χ0) is 28.8. The standard InChI is InChI=1S/C27H33F3N6O3/c1-25(2,3)23(37)33-19-13-16(7-8-18(19)27(28,29)30)20-15-36-21(32-20)9-10-22(34-36)35-12-11-17(14-35)31-24(38)39-26(4,5)6/h7-10,13,15,17H,11-12,14H2,1-6H3,(H,31,38)(H,33,37). The van der Waals surface area contributed by atoms with E-state index < -0.39 is 34.8 Å². The Morgan fingerprint density at radius 3 is 2.41 bits per heavy atom. The summed E-state index contributed by atoms with van der Waals surface area (Å²) in [5.41, 5.74) is -1.40. The van der Waals surface area contributed by atoms with Crippen LogP contribution in [0, 0.1) is 5.41 Å². The molecule has 12 heteroatoms. The van der Waals surface area contributed by atoms with Gasteiger partial charge in [-0.3, -0.25) is 4.79 Å². The van der Waals surface area contributed by atoms with Gasteiger partial charge in [0.1, 0.15) is 11.4 Å². The van der Waals surface area contributed by atoms with Crippen LogP contribution in [-0.2, 0) is 15.7 Å². The first kappa shape index (κ1) is 28.2. The van der Waals surface area contributed by atoms with Crippen molar-refractivity contribution in [2.75, 3.05) is 23.3 Å². The minimum atomic E-state index is -4.64. The van der Waals surface area contributed by atoms with Crippen LogP contribution in [0.4, 0.5) is 29.5 Å². The van der Waals surface area contributed by atoms with Crippen molar-refractivity contribution >= 4 is 29.2 Å². The summed E-state index contributed by atoms with van der Waals surface area (Å²) < 4.78 is 47.8. The Morgan fingerprint density at radius 2 is 1.77 bits per heavy atom. The predicted molar refractivity (Wildman–Crippen MR) is 141 cm³/mol. The van der Waals surface area contributed by atoms with Gasteiger partial charge in [0.15, 0.2) is 5.65 Å². The van der Waals surface area contributed by atoms with Crippen LogP contribution in [0.15, 0.2) is 36.5 Å². The van der Waals surface area contributed by atoms with Gasteiger partial charge in [-0.1, -0.05) is 26.8 Å². The molecule has 210 valence electrons. The number of alkyl halides is 3. The van der Waals surface area contributed by atoms with Crippen molar-refractivity contribution in [3.05, 3.63) is 42.1 Å². The predicted octanol–water partition coefficient (Wildman–Crippen LogP) is 5.50. The Bertz CT molecular complexity index is 1390. The van der Waals surface area contributed by atoms with Crippen molar-refractivity contribution in [1.82, 2.24) is 19.9 Å². The van der Waals surface area contributed by atoms with Crippen LogP contribution < -0.4 is 15.5 Å². The van der Waals surface area contributed by atoms with E-state index in [-0.39, 0.29) is 11.7 Å². The molecule has 2 N–H and O–H groups in total. The molecule has 9 nitrogen and oxygen atoms in total. The molecule has 1 fully saturated rings. The quantitative estimate of drug-likeness (QED) is 0.448. The van der Waals surface area contributed by atoms with Crippen LogP contribution >= 0.6 is 0 Å². The lowest BCUT2D eigenvalue weighted by atomic mass is 9.95. The van der Waals surface area contributed by atoms with E-state index in [2.05, 4.69) is 20.7 Å². The topological polar surface area (TPSA) is 101 Å². The Morgan fingerprint density at radius 1 is 1.05 bits per heavy atom.